The van der Waals surface area contributed by atoms with Crippen LogP contribution in [0.5, 0.6) is 5.75 Å². The third kappa shape index (κ3) is 3.23. The van der Waals surface area contributed by atoms with E-state index >= 15 is 0 Å². The molecule has 2 aromatic heterocycles. The van der Waals surface area contributed by atoms with Crippen LogP contribution >= 0.6 is 10.8 Å². The van der Waals surface area contributed by atoms with Gasteiger partial charge in [-0.2, -0.15) is 0 Å². The van der Waals surface area contributed by atoms with Crippen molar-refractivity contribution < 1.29 is 14.2 Å². The van der Waals surface area contributed by atoms with E-state index in [4.69, 9.17) is 0 Å². The molecule has 1 aliphatic rings. The van der Waals surface area contributed by atoms with Gasteiger partial charge in [-0.3, -0.25) is 18.5 Å². The largest absolute Gasteiger partial charge is 0.506 e. The van der Waals surface area contributed by atoms with Gasteiger partial charge in [-0.05, 0) is 42.3 Å². The van der Waals surface area contributed by atoms with Crippen molar-refractivity contribution >= 4 is 33.3 Å². The zero-order valence-electron chi connectivity index (χ0n) is 17.1. The summed E-state index contributed by atoms with van der Waals surface area (Å²) in [6.45, 7) is 2.18. The first kappa shape index (κ1) is 20.3. The highest BCUT2D eigenvalue weighted by molar-refractivity contribution is 8.23. The Bertz CT molecular complexity index is 1460. The van der Waals surface area contributed by atoms with E-state index in [1.807, 2.05) is 31.2 Å². The second-order valence-corrected chi connectivity index (χ2v) is 9.16. The lowest BCUT2D eigenvalue weighted by molar-refractivity contribution is 0.477. The Morgan fingerprint density at radius 1 is 1.03 bits per heavy atom. The lowest BCUT2D eigenvalue weighted by atomic mass is 10.1. The molecular formula is C23H20N4O4S. The van der Waals surface area contributed by atoms with E-state index in [1.54, 1.807) is 42.6 Å². The molecule has 9 heteroatoms. The van der Waals surface area contributed by atoms with Crippen LogP contribution in [-0.2, 0) is 6.54 Å². The molecule has 3 heterocycles. The molecule has 0 fully saturated rings. The number of aromatic nitrogens is 2. The fourth-order valence-electron chi connectivity index (χ4n) is 3.83. The van der Waals surface area contributed by atoms with Gasteiger partial charge in [-0.25, -0.2) is 4.98 Å². The average molecular weight is 449 g/mol. The predicted molar refractivity (Wildman–Crippen MR) is 126 cm³/mol. The third-order valence-corrected chi connectivity index (χ3v) is 6.86. The van der Waals surface area contributed by atoms with E-state index in [9.17, 15) is 19.0 Å². The van der Waals surface area contributed by atoms with Crippen molar-refractivity contribution in [2.45, 2.75) is 18.4 Å². The fourth-order valence-corrected chi connectivity index (χ4v) is 4.99. The summed E-state index contributed by atoms with van der Waals surface area (Å²) < 4.78 is 26.7. The van der Waals surface area contributed by atoms with Crippen LogP contribution in [0, 0.1) is 6.92 Å². The molecule has 1 aliphatic heterocycles. The molecular weight excluding hydrogens is 428 g/mol. The summed E-state index contributed by atoms with van der Waals surface area (Å²) >= 11 is 0. The molecule has 0 spiro atoms. The van der Waals surface area contributed by atoms with Crippen molar-refractivity contribution in [3.05, 3.63) is 93.9 Å². The van der Waals surface area contributed by atoms with E-state index in [-0.39, 0.29) is 28.6 Å². The summed E-state index contributed by atoms with van der Waals surface area (Å²) in [6, 6.07) is 17.6. The van der Waals surface area contributed by atoms with Crippen LogP contribution in [0.1, 0.15) is 16.7 Å². The van der Waals surface area contributed by atoms with Gasteiger partial charge in [0, 0.05) is 6.20 Å². The highest BCUT2D eigenvalue weighted by Crippen LogP contribution is 2.55. The van der Waals surface area contributed by atoms with Gasteiger partial charge in [0.05, 0.1) is 17.6 Å². The summed E-state index contributed by atoms with van der Waals surface area (Å²) in [6.07, 6.45) is 1.55. The van der Waals surface area contributed by atoms with E-state index in [0.29, 0.717) is 16.7 Å². The Labute approximate surface area is 185 Å². The van der Waals surface area contributed by atoms with Gasteiger partial charge in [0.15, 0.2) is 5.84 Å². The van der Waals surface area contributed by atoms with E-state index in [2.05, 4.69) is 14.7 Å². The van der Waals surface area contributed by atoms with Crippen molar-refractivity contribution in [3.63, 3.8) is 0 Å². The van der Waals surface area contributed by atoms with Crippen molar-refractivity contribution in [1.29, 1.82) is 0 Å². The Hall–Kier alpha value is -3.66. The number of benzene rings is 2. The molecule has 0 saturated carbocycles. The van der Waals surface area contributed by atoms with Gasteiger partial charge in [0.2, 0.25) is 0 Å². The number of aromatic hydroxyl groups is 1. The van der Waals surface area contributed by atoms with Crippen LogP contribution in [0.25, 0.3) is 11.0 Å². The SMILES string of the molecule is Cc1ccccc1Cn1c(=O)c(C2=NS(O)(O)c3ccccc3N2)c(O)c2cccnc21. The maximum Gasteiger partial charge on any atom is 0.267 e. The molecule has 0 unspecified atom stereocenters. The maximum atomic E-state index is 13.6. The van der Waals surface area contributed by atoms with Gasteiger partial charge in [-0.1, -0.05) is 47.2 Å². The quantitative estimate of drug-likeness (QED) is 0.370. The number of nitrogens with zero attached hydrogens (tertiary/aromatic N) is 3. The summed E-state index contributed by atoms with van der Waals surface area (Å²) in [5.41, 5.74) is 1.98. The molecule has 0 radical (unpaired) electrons. The molecule has 162 valence electrons. The number of para-hydroxylation sites is 1. The number of hydrogen-bond acceptors (Lipinski definition) is 7. The molecule has 0 saturated heterocycles. The summed E-state index contributed by atoms with van der Waals surface area (Å²) in [4.78, 5) is 18.2. The number of hydrogen-bond donors (Lipinski definition) is 4. The van der Waals surface area contributed by atoms with Crippen LogP contribution in [0.15, 0.2) is 80.9 Å². The Morgan fingerprint density at radius 2 is 1.78 bits per heavy atom. The Kier molecular flexibility index (Phi) is 4.74. The van der Waals surface area contributed by atoms with Crippen molar-refractivity contribution in [2.75, 3.05) is 5.32 Å². The van der Waals surface area contributed by atoms with Crippen LogP contribution in [-0.4, -0.2) is 29.6 Å². The van der Waals surface area contributed by atoms with Gasteiger partial charge in [0.25, 0.3) is 5.56 Å². The molecule has 8 nitrogen and oxygen atoms in total. The molecule has 0 amide bonds. The van der Waals surface area contributed by atoms with Crippen LogP contribution < -0.4 is 10.9 Å². The van der Waals surface area contributed by atoms with Gasteiger partial charge in [0.1, 0.15) is 21.9 Å². The molecule has 4 N–H and O–H groups in total. The topological polar surface area (TPSA) is 120 Å². The number of rotatable bonds is 3. The fraction of sp³-hybridized carbons (Fsp3) is 0.0870. The smallest absolute Gasteiger partial charge is 0.267 e. The minimum atomic E-state index is -3.55. The first-order valence-corrected chi connectivity index (χ1v) is 11.4. The highest BCUT2D eigenvalue weighted by atomic mass is 32.3. The lowest BCUT2D eigenvalue weighted by Gasteiger charge is -2.34. The lowest BCUT2D eigenvalue weighted by Crippen LogP contribution is -2.32. The van der Waals surface area contributed by atoms with Crippen LogP contribution in [0.4, 0.5) is 5.69 Å². The average Bonchev–Trinajstić information content (AvgIpc) is 2.77. The number of amidine groups is 1. The number of pyridine rings is 2. The number of fused-ring (bicyclic) bond motifs is 2. The molecule has 2 aromatic carbocycles. The second kappa shape index (κ2) is 7.49. The highest BCUT2D eigenvalue weighted by Gasteiger charge is 2.30. The standard InChI is InChI=1S/C23H20N4O4S/c1-14-7-2-3-8-15(14)13-27-22-16(9-6-12-24-22)20(28)19(23(27)29)21-25-17-10-4-5-11-18(17)32(30,31)26-21/h2-12,28,30-31H,13H2,1H3,(H,25,26). The second-order valence-electron chi connectivity index (χ2n) is 7.50. The third-order valence-electron chi connectivity index (χ3n) is 5.47. The number of nitrogens with one attached hydrogen (secondary N) is 1. The van der Waals surface area contributed by atoms with Crippen molar-refractivity contribution in [1.82, 2.24) is 9.55 Å². The van der Waals surface area contributed by atoms with Crippen molar-refractivity contribution in [3.8, 4) is 5.75 Å². The zero-order valence-corrected chi connectivity index (χ0v) is 17.9. The monoisotopic (exact) mass is 448 g/mol. The predicted octanol–water partition coefficient (Wildman–Crippen LogP) is 4.36. The molecule has 5 rings (SSSR count). The Balaban J connectivity index is 1.76. The summed E-state index contributed by atoms with van der Waals surface area (Å²) in [7, 11) is -3.55. The molecule has 0 atom stereocenters. The van der Waals surface area contributed by atoms with Gasteiger partial charge >= 0.3 is 0 Å². The minimum Gasteiger partial charge on any atom is -0.506 e. The summed E-state index contributed by atoms with van der Waals surface area (Å²) in [5.74, 6) is -0.421. The van der Waals surface area contributed by atoms with Crippen LogP contribution in [0.2, 0.25) is 0 Å². The van der Waals surface area contributed by atoms with Crippen molar-refractivity contribution in [2.24, 2.45) is 4.40 Å². The van der Waals surface area contributed by atoms with E-state index in [1.165, 1.54) is 4.57 Å². The van der Waals surface area contributed by atoms with Crippen LogP contribution in [0.3, 0.4) is 0 Å². The first-order valence-electron chi connectivity index (χ1n) is 9.86. The molecule has 0 bridgehead atoms. The normalized spacial score (nSPS) is 15.5. The van der Waals surface area contributed by atoms with E-state index in [0.717, 1.165) is 11.1 Å². The summed E-state index contributed by atoms with van der Waals surface area (Å²) in [5, 5.41) is 14.3. The molecule has 32 heavy (non-hydrogen) atoms. The number of aryl methyl sites for hydroxylation is 1. The van der Waals surface area contributed by atoms with Gasteiger partial charge in [-0.15, -0.1) is 4.40 Å². The molecule has 4 aromatic rings. The first-order chi connectivity index (χ1) is 15.4. The Morgan fingerprint density at radius 3 is 2.59 bits per heavy atom. The zero-order chi connectivity index (χ0) is 22.5. The maximum absolute atomic E-state index is 13.6. The van der Waals surface area contributed by atoms with E-state index < -0.39 is 16.3 Å². The minimum absolute atomic E-state index is 0.101. The van der Waals surface area contributed by atoms with Gasteiger partial charge < -0.3 is 10.4 Å². The molecule has 0 aliphatic carbocycles. The number of anilines is 1.